The zero-order valence-corrected chi connectivity index (χ0v) is 18.1. The summed E-state index contributed by atoms with van der Waals surface area (Å²) < 4.78 is 16.1. The highest BCUT2D eigenvalue weighted by Gasteiger charge is 2.12. The highest BCUT2D eigenvalue weighted by atomic mass is 32.2. The Morgan fingerprint density at radius 1 is 1.10 bits per heavy atom. The van der Waals surface area contributed by atoms with Crippen LogP contribution in [0.4, 0.5) is 5.69 Å². The van der Waals surface area contributed by atoms with Crippen LogP contribution in [0.25, 0.3) is 0 Å². The molecule has 0 aliphatic heterocycles. The first-order valence-corrected chi connectivity index (χ1v) is 10.8. The van der Waals surface area contributed by atoms with Crippen molar-refractivity contribution in [2.24, 2.45) is 0 Å². The molecule has 0 aliphatic rings. The summed E-state index contributed by atoms with van der Waals surface area (Å²) in [6.45, 7) is 4.26. The molecule has 0 aliphatic carbocycles. The summed E-state index contributed by atoms with van der Waals surface area (Å²) in [6.07, 6.45) is 0.967. The van der Waals surface area contributed by atoms with Gasteiger partial charge in [0, 0.05) is 5.69 Å². The summed E-state index contributed by atoms with van der Waals surface area (Å²) in [6, 6.07) is 14.4. The van der Waals surface area contributed by atoms with Gasteiger partial charge in [0.05, 0.1) is 17.9 Å². The first-order valence-electron chi connectivity index (χ1n) is 9.81. The van der Waals surface area contributed by atoms with E-state index in [1.807, 2.05) is 24.3 Å². The highest BCUT2D eigenvalue weighted by molar-refractivity contribution is 7.99. The van der Waals surface area contributed by atoms with E-state index in [1.54, 1.807) is 31.2 Å². The lowest BCUT2D eigenvalue weighted by molar-refractivity contribution is -0.113. The molecule has 1 aromatic heterocycles. The Hall–Kier alpha value is -3.33. The SMILES string of the molecule is CCOC(=O)c1cccc(NC(=O)CSc2nnc(COc3ccc(CC)cc3)o2)c1. The van der Waals surface area contributed by atoms with Crippen molar-refractivity contribution in [1.82, 2.24) is 10.2 Å². The number of carbonyl (C=O) groups is 2. The molecule has 0 fully saturated rings. The molecule has 0 unspecified atom stereocenters. The number of rotatable bonds is 10. The van der Waals surface area contributed by atoms with Gasteiger partial charge in [-0.25, -0.2) is 4.79 Å². The molecule has 0 bridgehead atoms. The van der Waals surface area contributed by atoms with Gasteiger partial charge in [-0.1, -0.05) is 36.9 Å². The smallest absolute Gasteiger partial charge is 0.338 e. The van der Waals surface area contributed by atoms with Crippen LogP contribution in [0.1, 0.15) is 35.7 Å². The van der Waals surface area contributed by atoms with Crippen molar-refractivity contribution < 1.29 is 23.5 Å². The number of esters is 1. The Morgan fingerprint density at radius 3 is 2.65 bits per heavy atom. The average molecular weight is 442 g/mol. The van der Waals surface area contributed by atoms with E-state index in [4.69, 9.17) is 13.9 Å². The van der Waals surface area contributed by atoms with Gasteiger partial charge in [0.15, 0.2) is 6.61 Å². The Kier molecular flexibility index (Phi) is 8.05. The monoisotopic (exact) mass is 441 g/mol. The Balaban J connectivity index is 1.46. The fourth-order valence-corrected chi connectivity index (χ4v) is 3.16. The summed E-state index contributed by atoms with van der Waals surface area (Å²) in [5.41, 5.74) is 2.11. The molecule has 2 aromatic carbocycles. The number of nitrogens with one attached hydrogen (secondary N) is 1. The first-order chi connectivity index (χ1) is 15.1. The van der Waals surface area contributed by atoms with Crippen molar-refractivity contribution >= 4 is 29.3 Å². The van der Waals surface area contributed by atoms with Gasteiger partial charge in [0.2, 0.25) is 5.91 Å². The van der Waals surface area contributed by atoms with Gasteiger partial charge in [-0.3, -0.25) is 4.79 Å². The maximum Gasteiger partial charge on any atom is 0.338 e. The van der Waals surface area contributed by atoms with Crippen molar-refractivity contribution in [3.8, 4) is 5.75 Å². The van der Waals surface area contributed by atoms with Gasteiger partial charge in [-0.2, -0.15) is 0 Å². The first kappa shape index (κ1) is 22.4. The van der Waals surface area contributed by atoms with E-state index in [0.717, 1.165) is 18.2 Å². The summed E-state index contributed by atoms with van der Waals surface area (Å²) in [7, 11) is 0. The van der Waals surface area contributed by atoms with E-state index >= 15 is 0 Å². The third-order valence-electron chi connectivity index (χ3n) is 4.13. The van der Waals surface area contributed by atoms with Gasteiger partial charge in [0.25, 0.3) is 11.1 Å². The van der Waals surface area contributed by atoms with Gasteiger partial charge in [0.1, 0.15) is 5.75 Å². The molecular weight excluding hydrogens is 418 g/mol. The van der Waals surface area contributed by atoms with E-state index in [9.17, 15) is 9.59 Å². The topological polar surface area (TPSA) is 104 Å². The van der Waals surface area contributed by atoms with Crippen LogP contribution in [0.5, 0.6) is 5.75 Å². The highest BCUT2D eigenvalue weighted by Crippen LogP contribution is 2.19. The quantitative estimate of drug-likeness (QED) is 0.370. The number of amides is 1. The van der Waals surface area contributed by atoms with Crippen LogP contribution in [0, 0.1) is 0 Å². The van der Waals surface area contributed by atoms with Crippen molar-refractivity contribution in [2.75, 3.05) is 17.7 Å². The number of aryl methyl sites for hydroxylation is 1. The minimum absolute atomic E-state index is 0.0740. The van der Waals surface area contributed by atoms with Crippen LogP contribution in [0.2, 0.25) is 0 Å². The molecule has 9 heteroatoms. The zero-order chi connectivity index (χ0) is 22.1. The van der Waals surface area contributed by atoms with Crippen LogP contribution < -0.4 is 10.1 Å². The Bertz CT molecular complexity index is 1020. The van der Waals surface area contributed by atoms with Crippen LogP contribution in [-0.4, -0.2) is 34.4 Å². The molecule has 0 saturated carbocycles. The van der Waals surface area contributed by atoms with Crippen molar-refractivity contribution in [3.05, 3.63) is 65.5 Å². The summed E-state index contributed by atoms with van der Waals surface area (Å²) in [5, 5.41) is 10.9. The second-order valence-corrected chi connectivity index (χ2v) is 7.31. The van der Waals surface area contributed by atoms with Crippen LogP contribution in [0.15, 0.2) is 58.2 Å². The summed E-state index contributed by atoms with van der Waals surface area (Å²) in [5.74, 6) is 0.413. The van der Waals surface area contributed by atoms with Crippen LogP contribution in [-0.2, 0) is 22.6 Å². The largest absolute Gasteiger partial charge is 0.484 e. The Morgan fingerprint density at radius 2 is 1.90 bits per heavy atom. The Labute approximate surface area is 184 Å². The number of ether oxygens (including phenoxy) is 2. The number of anilines is 1. The fourth-order valence-electron chi connectivity index (χ4n) is 2.58. The molecule has 3 aromatic rings. The van der Waals surface area contributed by atoms with Crippen molar-refractivity contribution in [2.45, 2.75) is 32.1 Å². The zero-order valence-electron chi connectivity index (χ0n) is 17.3. The molecule has 162 valence electrons. The molecule has 3 rings (SSSR count). The molecule has 0 radical (unpaired) electrons. The number of benzene rings is 2. The molecule has 1 heterocycles. The lowest BCUT2D eigenvalue weighted by Crippen LogP contribution is -2.14. The molecule has 8 nitrogen and oxygen atoms in total. The normalized spacial score (nSPS) is 10.5. The second kappa shape index (κ2) is 11.2. The average Bonchev–Trinajstić information content (AvgIpc) is 3.25. The summed E-state index contributed by atoms with van der Waals surface area (Å²) in [4.78, 5) is 24.0. The van der Waals surface area contributed by atoms with Crippen LogP contribution in [0.3, 0.4) is 0 Å². The van der Waals surface area contributed by atoms with Crippen molar-refractivity contribution in [3.63, 3.8) is 0 Å². The lowest BCUT2D eigenvalue weighted by atomic mass is 10.2. The van der Waals surface area contributed by atoms with E-state index in [0.29, 0.717) is 22.9 Å². The predicted molar refractivity (Wildman–Crippen MR) is 116 cm³/mol. The molecule has 1 N–H and O–H groups in total. The van der Waals surface area contributed by atoms with Crippen molar-refractivity contribution in [1.29, 1.82) is 0 Å². The van der Waals surface area contributed by atoms with E-state index < -0.39 is 5.97 Å². The third-order valence-corrected chi connectivity index (χ3v) is 4.94. The standard InChI is InChI=1S/C22H23N3O5S/c1-3-15-8-10-18(11-9-15)29-13-20-24-25-22(30-20)31-14-19(26)23-17-7-5-6-16(12-17)21(27)28-4-2/h5-12H,3-4,13-14H2,1-2H3,(H,23,26). The number of aromatic nitrogens is 2. The molecule has 0 atom stereocenters. The minimum atomic E-state index is -0.435. The number of nitrogens with zero attached hydrogens (tertiary/aromatic N) is 2. The number of hydrogen-bond donors (Lipinski definition) is 1. The van der Waals surface area contributed by atoms with Crippen LogP contribution >= 0.6 is 11.8 Å². The van der Waals surface area contributed by atoms with E-state index in [2.05, 4.69) is 22.4 Å². The van der Waals surface area contributed by atoms with Gasteiger partial charge in [-0.15, -0.1) is 10.2 Å². The number of thioether (sulfide) groups is 1. The molecule has 31 heavy (non-hydrogen) atoms. The molecule has 0 spiro atoms. The maximum absolute atomic E-state index is 12.2. The summed E-state index contributed by atoms with van der Waals surface area (Å²) >= 11 is 1.11. The van der Waals surface area contributed by atoms with Gasteiger partial charge in [-0.05, 0) is 49.2 Å². The van der Waals surface area contributed by atoms with E-state index in [1.165, 1.54) is 5.56 Å². The molecule has 1 amide bonds. The lowest BCUT2D eigenvalue weighted by Gasteiger charge is -2.06. The number of carbonyl (C=O) groups excluding carboxylic acids is 2. The molecular formula is C22H23N3O5S. The fraction of sp³-hybridized carbons (Fsp3) is 0.273. The number of hydrogen-bond acceptors (Lipinski definition) is 8. The minimum Gasteiger partial charge on any atom is -0.484 e. The third kappa shape index (κ3) is 6.85. The maximum atomic E-state index is 12.2. The predicted octanol–water partition coefficient (Wildman–Crippen LogP) is 4.12. The van der Waals surface area contributed by atoms with Gasteiger partial charge >= 0.3 is 5.97 Å². The molecule has 0 saturated heterocycles. The van der Waals surface area contributed by atoms with E-state index in [-0.39, 0.29) is 30.1 Å². The second-order valence-electron chi connectivity index (χ2n) is 6.39. The van der Waals surface area contributed by atoms with Gasteiger partial charge < -0.3 is 19.2 Å².